The van der Waals surface area contributed by atoms with Crippen LogP contribution >= 0.6 is 43.6 Å². The van der Waals surface area contributed by atoms with Crippen molar-refractivity contribution in [2.24, 2.45) is 4.99 Å². The van der Waals surface area contributed by atoms with Crippen molar-refractivity contribution < 1.29 is 4.79 Å². The zero-order valence-electron chi connectivity index (χ0n) is 17.6. The van der Waals surface area contributed by atoms with Crippen molar-refractivity contribution in [3.8, 4) is 5.69 Å². The molecular formula is C24H21Br2N3OS. The van der Waals surface area contributed by atoms with Gasteiger partial charge in [0.2, 0.25) is 0 Å². The van der Waals surface area contributed by atoms with Crippen LogP contribution in [-0.4, -0.2) is 15.6 Å². The molecule has 0 saturated carbocycles. The van der Waals surface area contributed by atoms with Gasteiger partial charge in [0.15, 0.2) is 5.17 Å². The standard InChI is InChI=1S/C24H21Br2N3OS/c1-13-9-18(10-14(2)22(13)26)27-24-28-23(30)21(31-24)12-17-11-15(3)29(16(17)4)20-8-6-5-7-19(20)25/h5-12H,1-4H3,(H,27,28,30)/b21-12-. The Labute approximate surface area is 203 Å². The molecule has 4 nitrogen and oxygen atoms in total. The summed E-state index contributed by atoms with van der Waals surface area (Å²) in [6.45, 7) is 8.21. The van der Waals surface area contributed by atoms with E-state index in [4.69, 9.17) is 0 Å². The van der Waals surface area contributed by atoms with Crippen LogP contribution in [0.5, 0.6) is 0 Å². The van der Waals surface area contributed by atoms with E-state index in [-0.39, 0.29) is 5.91 Å². The average molecular weight is 559 g/mol. The van der Waals surface area contributed by atoms with Crippen LogP contribution in [0.1, 0.15) is 28.1 Å². The number of amides is 1. The molecule has 1 amide bonds. The number of nitrogens with one attached hydrogen (secondary N) is 1. The second kappa shape index (κ2) is 8.81. The molecule has 1 aliphatic heterocycles. The van der Waals surface area contributed by atoms with Gasteiger partial charge in [-0.25, -0.2) is 4.99 Å². The number of carbonyl (C=O) groups is 1. The quantitative estimate of drug-likeness (QED) is 0.348. The van der Waals surface area contributed by atoms with Gasteiger partial charge in [0.1, 0.15) is 0 Å². The minimum absolute atomic E-state index is 0.125. The highest BCUT2D eigenvalue weighted by atomic mass is 79.9. The zero-order chi connectivity index (χ0) is 22.3. The Kier molecular flexibility index (Phi) is 6.28. The molecule has 1 aliphatic rings. The van der Waals surface area contributed by atoms with Crippen LogP contribution in [0.15, 0.2) is 61.3 Å². The molecule has 2 aromatic carbocycles. The van der Waals surface area contributed by atoms with Crippen LogP contribution < -0.4 is 5.32 Å². The number of aromatic nitrogens is 1. The molecule has 0 bridgehead atoms. The minimum Gasteiger partial charge on any atom is -0.317 e. The lowest BCUT2D eigenvalue weighted by Gasteiger charge is -2.11. The van der Waals surface area contributed by atoms with Crippen LogP contribution in [0.3, 0.4) is 0 Å². The third-order valence-corrected chi connectivity index (χ3v) is 7.98. The van der Waals surface area contributed by atoms with E-state index >= 15 is 0 Å². The van der Waals surface area contributed by atoms with E-state index in [0.29, 0.717) is 10.1 Å². The van der Waals surface area contributed by atoms with Crippen molar-refractivity contribution in [2.45, 2.75) is 27.7 Å². The van der Waals surface area contributed by atoms with E-state index in [1.54, 1.807) is 0 Å². The molecule has 1 fully saturated rings. The topological polar surface area (TPSA) is 46.4 Å². The summed E-state index contributed by atoms with van der Waals surface area (Å²) in [7, 11) is 0. The third kappa shape index (κ3) is 4.45. The fourth-order valence-corrected chi connectivity index (χ4v) is 5.19. The van der Waals surface area contributed by atoms with E-state index in [9.17, 15) is 4.79 Å². The summed E-state index contributed by atoms with van der Waals surface area (Å²) in [4.78, 5) is 17.9. The number of aliphatic imine (C=N–C) groups is 1. The first-order valence-corrected chi connectivity index (χ1v) is 12.1. The molecular weight excluding hydrogens is 538 g/mol. The first-order valence-electron chi connectivity index (χ1n) is 9.75. The van der Waals surface area contributed by atoms with Gasteiger partial charge in [-0.1, -0.05) is 28.1 Å². The number of rotatable bonds is 3. The van der Waals surface area contributed by atoms with E-state index in [1.165, 1.54) is 11.8 Å². The van der Waals surface area contributed by atoms with Crippen LogP contribution in [0.25, 0.3) is 11.8 Å². The number of hydrogen-bond acceptors (Lipinski definition) is 3. The van der Waals surface area contributed by atoms with Crippen LogP contribution in [-0.2, 0) is 4.79 Å². The van der Waals surface area contributed by atoms with Crippen molar-refractivity contribution in [2.75, 3.05) is 0 Å². The van der Waals surface area contributed by atoms with Gasteiger partial charge < -0.3 is 9.88 Å². The lowest BCUT2D eigenvalue weighted by atomic mass is 10.1. The minimum atomic E-state index is -0.125. The molecule has 3 aromatic rings. The number of para-hydroxylation sites is 1. The largest absolute Gasteiger partial charge is 0.317 e. The molecule has 7 heteroatoms. The van der Waals surface area contributed by atoms with Crippen LogP contribution in [0.4, 0.5) is 5.69 Å². The van der Waals surface area contributed by atoms with Crippen molar-refractivity contribution in [3.05, 3.63) is 84.4 Å². The van der Waals surface area contributed by atoms with Crippen molar-refractivity contribution in [1.29, 1.82) is 0 Å². The summed E-state index contributed by atoms with van der Waals surface area (Å²) in [5, 5.41) is 3.48. The zero-order valence-corrected chi connectivity index (χ0v) is 21.6. The van der Waals surface area contributed by atoms with Gasteiger partial charge in [0.05, 0.1) is 16.3 Å². The first kappa shape index (κ1) is 22.1. The Morgan fingerprint density at radius 1 is 1.03 bits per heavy atom. The van der Waals surface area contributed by atoms with E-state index in [2.05, 4.69) is 72.7 Å². The Balaban J connectivity index is 1.66. The maximum atomic E-state index is 12.6. The molecule has 4 rings (SSSR count). The SMILES string of the molecule is Cc1cc(N=C2NC(=O)/C(=C/c3cc(C)n(-c4ccccc4Br)c3C)S2)cc(C)c1Br. The molecule has 158 valence electrons. The molecule has 31 heavy (non-hydrogen) atoms. The van der Waals surface area contributed by atoms with Gasteiger partial charge in [0, 0.05) is 20.3 Å². The summed E-state index contributed by atoms with van der Waals surface area (Å²) < 4.78 is 4.30. The predicted molar refractivity (Wildman–Crippen MR) is 137 cm³/mol. The first-order chi connectivity index (χ1) is 14.7. The molecule has 0 unspecified atom stereocenters. The number of carbonyl (C=O) groups excluding carboxylic acids is 1. The molecule has 0 aliphatic carbocycles. The van der Waals surface area contributed by atoms with Gasteiger partial charge in [-0.3, -0.25) is 4.79 Å². The second-order valence-corrected chi connectivity index (χ2v) is 10.2. The number of aryl methyl sites for hydroxylation is 3. The predicted octanol–water partition coefficient (Wildman–Crippen LogP) is 7.13. The van der Waals surface area contributed by atoms with Gasteiger partial charge >= 0.3 is 0 Å². The lowest BCUT2D eigenvalue weighted by molar-refractivity contribution is -0.115. The number of thioether (sulfide) groups is 1. The van der Waals surface area contributed by atoms with Crippen molar-refractivity contribution in [3.63, 3.8) is 0 Å². The number of amidine groups is 1. The number of halogens is 2. The summed E-state index contributed by atoms with van der Waals surface area (Å²) >= 11 is 8.59. The molecule has 1 aromatic heterocycles. The van der Waals surface area contributed by atoms with Crippen molar-refractivity contribution >= 4 is 66.5 Å². The highest BCUT2D eigenvalue weighted by Gasteiger charge is 2.25. The Morgan fingerprint density at radius 3 is 2.39 bits per heavy atom. The lowest BCUT2D eigenvalue weighted by Crippen LogP contribution is -2.19. The maximum Gasteiger partial charge on any atom is 0.264 e. The molecule has 0 spiro atoms. The second-order valence-electron chi connectivity index (χ2n) is 7.49. The fraction of sp³-hybridized carbons (Fsp3) is 0.167. The van der Waals surface area contributed by atoms with Gasteiger partial charge in [-0.15, -0.1) is 0 Å². The van der Waals surface area contributed by atoms with E-state index in [1.807, 2.05) is 50.3 Å². The van der Waals surface area contributed by atoms with Crippen LogP contribution in [0.2, 0.25) is 0 Å². The highest BCUT2D eigenvalue weighted by Crippen LogP contribution is 2.33. The fourth-order valence-electron chi connectivity index (χ4n) is 3.66. The normalized spacial score (nSPS) is 16.4. The van der Waals surface area contributed by atoms with Gasteiger partial charge in [-0.2, -0.15) is 0 Å². The van der Waals surface area contributed by atoms with E-state index in [0.717, 1.165) is 48.4 Å². The summed E-state index contributed by atoms with van der Waals surface area (Å²) in [5.74, 6) is -0.125. The van der Waals surface area contributed by atoms with Gasteiger partial charge in [0.25, 0.3) is 5.91 Å². The molecule has 1 N–H and O–H groups in total. The van der Waals surface area contributed by atoms with Crippen LogP contribution in [0, 0.1) is 27.7 Å². The smallest absolute Gasteiger partial charge is 0.264 e. The Hall–Kier alpha value is -2.09. The number of hydrogen-bond donors (Lipinski definition) is 1. The maximum absolute atomic E-state index is 12.6. The molecule has 0 atom stereocenters. The van der Waals surface area contributed by atoms with Gasteiger partial charge in [-0.05, 0) is 108 Å². The molecule has 2 heterocycles. The monoisotopic (exact) mass is 557 g/mol. The average Bonchev–Trinajstić information content (AvgIpc) is 3.19. The Morgan fingerprint density at radius 2 is 1.71 bits per heavy atom. The molecule has 0 radical (unpaired) electrons. The third-order valence-electron chi connectivity index (χ3n) is 5.15. The highest BCUT2D eigenvalue weighted by molar-refractivity contribution is 9.11. The summed E-state index contributed by atoms with van der Waals surface area (Å²) in [6, 6.07) is 14.2. The number of nitrogens with zero attached hydrogens (tertiary/aromatic N) is 2. The summed E-state index contributed by atoms with van der Waals surface area (Å²) in [6.07, 6.45) is 1.94. The summed E-state index contributed by atoms with van der Waals surface area (Å²) in [5.41, 5.74) is 7.34. The number of benzene rings is 2. The Bertz CT molecular complexity index is 1250. The molecule has 1 saturated heterocycles. The van der Waals surface area contributed by atoms with Crippen molar-refractivity contribution in [1.82, 2.24) is 9.88 Å². The van der Waals surface area contributed by atoms with E-state index < -0.39 is 0 Å².